The molecule has 0 radical (unpaired) electrons. The Labute approximate surface area is 95.1 Å². The van der Waals surface area contributed by atoms with Crippen molar-refractivity contribution in [1.82, 2.24) is 0 Å². The van der Waals surface area contributed by atoms with Crippen LogP contribution in [-0.2, 0) is 0 Å². The first kappa shape index (κ1) is 12.7. The van der Waals surface area contributed by atoms with Crippen molar-refractivity contribution in [2.75, 3.05) is 0 Å². The summed E-state index contributed by atoms with van der Waals surface area (Å²) in [4.78, 5) is 18.5. The van der Waals surface area contributed by atoms with Gasteiger partial charge < -0.3 is 5.11 Å². The Bertz CT molecular complexity index is 379. The van der Waals surface area contributed by atoms with Crippen LogP contribution in [0.3, 0.4) is 0 Å². The van der Waals surface area contributed by atoms with Gasteiger partial charge in [0.2, 0.25) is 0 Å². The van der Waals surface area contributed by atoms with E-state index >= 15 is 0 Å². The molecule has 1 rings (SSSR count). The number of aliphatic hydroxyl groups excluding tert-OH is 1. The number of nitro groups is 2. The standard InChI is InChI=1S/C8H10N2O5S/c1-6(11)16-8(10(14)15)4-2-3-7(5-8)9(12)13/h2-3,5-6,11H,4H2,1H3. The lowest BCUT2D eigenvalue weighted by Gasteiger charge is -2.22. The maximum absolute atomic E-state index is 11.0. The predicted octanol–water partition coefficient (Wildman–Crippen LogP) is 1.15. The van der Waals surface area contributed by atoms with Gasteiger partial charge in [-0.05, 0) is 18.7 Å². The van der Waals surface area contributed by atoms with Crippen LogP contribution in [0.1, 0.15) is 13.3 Å². The van der Waals surface area contributed by atoms with Gasteiger partial charge in [-0.2, -0.15) is 0 Å². The van der Waals surface area contributed by atoms with E-state index in [1.54, 1.807) is 0 Å². The van der Waals surface area contributed by atoms with Crippen molar-refractivity contribution in [1.29, 1.82) is 0 Å². The van der Waals surface area contributed by atoms with Crippen molar-refractivity contribution in [3.63, 3.8) is 0 Å². The predicted molar refractivity (Wildman–Crippen MR) is 57.8 cm³/mol. The number of rotatable bonds is 4. The van der Waals surface area contributed by atoms with Gasteiger partial charge in [-0.1, -0.05) is 6.08 Å². The Hall–Kier alpha value is -1.41. The molecular formula is C8H10N2O5S. The van der Waals surface area contributed by atoms with E-state index < -0.39 is 20.2 Å². The number of hydrogen-bond acceptors (Lipinski definition) is 6. The van der Waals surface area contributed by atoms with Gasteiger partial charge in [0, 0.05) is 11.0 Å². The number of hydrogen-bond donors (Lipinski definition) is 1. The Morgan fingerprint density at radius 3 is 2.62 bits per heavy atom. The van der Waals surface area contributed by atoms with Gasteiger partial charge in [0.15, 0.2) is 0 Å². The zero-order valence-electron chi connectivity index (χ0n) is 8.40. The van der Waals surface area contributed by atoms with Crippen molar-refractivity contribution in [3.8, 4) is 0 Å². The van der Waals surface area contributed by atoms with E-state index in [1.807, 2.05) is 0 Å². The van der Waals surface area contributed by atoms with Gasteiger partial charge in [0.05, 0.1) is 17.4 Å². The summed E-state index contributed by atoms with van der Waals surface area (Å²) in [5.74, 6) is 0. The zero-order chi connectivity index (χ0) is 12.3. The first-order valence-corrected chi connectivity index (χ1v) is 5.29. The van der Waals surface area contributed by atoms with Crippen LogP contribution in [0.25, 0.3) is 0 Å². The van der Waals surface area contributed by atoms with Gasteiger partial charge in [0.1, 0.15) is 5.44 Å². The van der Waals surface area contributed by atoms with E-state index in [9.17, 15) is 25.3 Å². The van der Waals surface area contributed by atoms with Crippen LogP contribution in [0.15, 0.2) is 23.9 Å². The molecule has 0 saturated carbocycles. The third-order valence-electron chi connectivity index (χ3n) is 1.97. The molecule has 0 aromatic rings. The van der Waals surface area contributed by atoms with Gasteiger partial charge in [-0.3, -0.25) is 20.2 Å². The average molecular weight is 246 g/mol. The molecule has 1 N–H and O–H groups in total. The van der Waals surface area contributed by atoms with Crippen LogP contribution in [0.4, 0.5) is 0 Å². The summed E-state index contributed by atoms with van der Waals surface area (Å²) in [6.45, 7) is 1.38. The summed E-state index contributed by atoms with van der Waals surface area (Å²) < 4.78 is 0. The fourth-order valence-electron chi connectivity index (χ4n) is 1.35. The second kappa shape index (κ2) is 4.62. The maximum Gasteiger partial charge on any atom is 0.298 e. The van der Waals surface area contributed by atoms with E-state index in [-0.39, 0.29) is 12.1 Å². The minimum absolute atomic E-state index is 0.0207. The highest BCUT2D eigenvalue weighted by Gasteiger charge is 2.45. The summed E-state index contributed by atoms with van der Waals surface area (Å²) in [5, 5.41) is 30.7. The molecule has 16 heavy (non-hydrogen) atoms. The topological polar surface area (TPSA) is 107 Å². The Morgan fingerprint density at radius 2 is 2.19 bits per heavy atom. The molecule has 2 atom stereocenters. The highest BCUT2D eigenvalue weighted by Crippen LogP contribution is 2.37. The first-order chi connectivity index (χ1) is 7.37. The third-order valence-corrected chi connectivity index (χ3v) is 3.15. The van der Waals surface area contributed by atoms with E-state index in [1.165, 1.54) is 19.1 Å². The van der Waals surface area contributed by atoms with E-state index in [4.69, 9.17) is 0 Å². The van der Waals surface area contributed by atoms with Crippen LogP contribution < -0.4 is 0 Å². The van der Waals surface area contributed by atoms with Crippen LogP contribution >= 0.6 is 11.8 Å². The minimum atomic E-state index is -1.65. The molecule has 0 heterocycles. The Balaban J connectivity index is 3.09. The fraction of sp³-hybridized carbons (Fsp3) is 0.500. The summed E-state index contributed by atoms with van der Waals surface area (Å²) in [6, 6.07) is 0. The molecular weight excluding hydrogens is 236 g/mol. The van der Waals surface area contributed by atoms with E-state index in [0.717, 1.165) is 6.08 Å². The zero-order valence-corrected chi connectivity index (χ0v) is 9.22. The Morgan fingerprint density at radius 1 is 1.56 bits per heavy atom. The molecule has 0 aromatic heterocycles. The first-order valence-electron chi connectivity index (χ1n) is 4.41. The molecule has 88 valence electrons. The molecule has 1 aliphatic rings. The lowest BCUT2D eigenvalue weighted by atomic mass is 10.1. The largest absolute Gasteiger partial charge is 0.382 e. The highest BCUT2D eigenvalue weighted by atomic mass is 32.2. The molecule has 7 nitrogen and oxygen atoms in total. The summed E-state index contributed by atoms with van der Waals surface area (Å²) >= 11 is 0.676. The molecule has 0 saturated heterocycles. The molecule has 0 bridgehead atoms. The lowest BCUT2D eigenvalue weighted by Crippen LogP contribution is -2.36. The van der Waals surface area contributed by atoms with Gasteiger partial charge in [-0.15, -0.1) is 0 Å². The summed E-state index contributed by atoms with van der Waals surface area (Å²) in [5.41, 5.74) is -1.29. The van der Waals surface area contributed by atoms with Crippen LogP contribution in [-0.4, -0.2) is 25.3 Å². The normalized spacial score (nSPS) is 26.0. The minimum Gasteiger partial charge on any atom is -0.382 e. The molecule has 8 heteroatoms. The van der Waals surface area contributed by atoms with E-state index in [2.05, 4.69) is 0 Å². The quantitative estimate of drug-likeness (QED) is 0.453. The van der Waals surface area contributed by atoms with Crippen LogP contribution in [0.2, 0.25) is 0 Å². The van der Waals surface area contributed by atoms with Crippen molar-refractivity contribution >= 4 is 11.8 Å². The molecule has 0 aromatic carbocycles. The molecule has 0 amide bonds. The lowest BCUT2D eigenvalue weighted by molar-refractivity contribution is -0.526. The van der Waals surface area contributed by atoms with Gasteiger partial charge in [0.25, 0.3) is 10.6 Å². The number of allylic oxidation sites excluding steroid dienone is 1. The summed E-state index contributed by atoms with van der Waals surface area (Å²) in [7, 11) is 0. The molecule has 0 aliphatic heterocycles. The van der Waals surface area contributed by atoms with Crippen molar-refractivity contribution in [3.05, 3.63) is 44.2 Å². The monoisotopic (exact) mass is 246 g/mol. The highest BCUT2D eigenvalue weighted by molar-refractivity contribution is 8.01. The number of nitrogens with zero attached hydrogens (tertiary/aromatic N) is 2. The number of aliphatic hydroxyl groups is 1. The van der Waals surface area contributed by atoms with Gasteiger partial charge >= 0.3 is 0 Å². The SMILES string of the molecule is CC(O)SC1([N+](=O)[O-])C=C([N+](=O)[O-])C=CC1. The maximum atomic E-state index is 11.0. The summed E-state index contributed by atoms with van der Waals surface area (Å²) in [6.07, 6.45) is 3.60. The van der Waals surface area contributed by atoms with Crippen molar-refractivity contribution in [2.24, 2.45) is 0 Å². The van der Waals surface area contributed by atoms with Crippen LogP contribution in [0, 0.1) is 20.2 Å². The average Bonchev–Trinajstić information content (AvgIpc) is 2.16. The second-order valence-electron chi connectivity index (χ2n) is 3.25. The van der Waals surface area contributed by atoms with Crippen molar-refractivity contribution in [2.45, 2.75) is 23.7 Å². The van der Waals surface area contributed by atoms with Crippen LogP contribution in [0.5, 0.6) is 0 Å². The Kier molecular flexibility index (Phi) is 3.66. The fourth-order valence-corrected chi connectivity index (χ4v) is 2.41. The third kappa shape index (κ3) is 2.58. The second-order valence-corrected chi connectivity index (χ2v) is 4.88. The number of thioether (sulfide) groups is 1. The molecule has 1 aliphatic carbocycles. The van der Waals surface area contributed by atoms with Gasteiger partial charge in [-0.25, -0.2) is 0 Å². The smallest absolute Gasteiger partial charge is 0.298 e. The van der Waals surface area contributed by atoms with Crippen molar-refractivity contribution < 1.29 is 15.0 Å². The van der Waals surface area contributed by atoms with E-state index in [0.29, 0.717) is 11.8 Å². The molecule has 0 fully saturated rings. The molecule has 2 unspecified atom stereocenters. The molecule has 0 spiro atoms.